The first kappa shape index (κ1) is 54.7. The molecule has 3 heterocycles. The van der Waals surface area contributed by atoms with Crippen molar-refractivity contribution in [3.8, 4) is 22.3 Å². The molecule has 0 radical (unpaired) electrons. The van der Waals surface area contributed by atoms with Gasteiger partial charge in [0.15, 0.2) is 0 Å². The van der Waals surface area contributed by atoms with Gasteiger partial charge in [0.05, 0.1) is 16.6 Å². The highest BCUT2D eigenvalue weighted by atomic mass is 32.1. The molecule has 2 aliphatic carbocycles. The van der Waals surface area contributed by atoms with Crippen molar-refractivity contribution in [2.24, 2.45) is 0 Å². The third-order valence-corrected chi connectivity index (χ3v) is 21.3. The van der Waals surface area contributed by atoms with Crippen LogP contribution in [0.3, 0.4) is 0 Å². The lowest BCUT2D eigenvalue weighted by atomic mass is 9.84. The summed E-state index contributed by atoms with van der Waals surface area (Å²) in [6.07, 6.45) is 13.0. The van der Waals surface area contributed by atoms with Crippen LogP contribution in [0.2, 0.25) is 0 Å². The van der Waals surface area contributed by atoms with E-state index in [-0.39, 0.29) is 10.8 Å². The maximum atomic E-state index is 2.62. The van der Waals surface area contributed by atoms with Gasteiger partial charge in [-0.15, -0.1) is 11.3 Å². The maximum Gasteiger partial charge on any atom is 0.0620 e. The second kappa shape index (κ2) is 21.6. The van der Waals surface area contributed by atoms with Crippen molar-refractivity contribution < 1.29 is 0 Å². The first-order chi connectivity index (χ1) is 42.9. The minimum absolute atomic E-state index is 0.108. The standard InChI is InChI=1S/C84H77N3S/c1-83(2,3)62-34-26-56(27-35-62)58-30-38-64(39-31-58)85(66-22-13-20-60(50-66)54-16-9-7-10-17-54)68-42-44-70-72-24-15-25-73-75-47-46-71-74(82(75)87(81(72)73)77(70)52-68)48-49-78-80(71)76-45-43-69(53-79(76)88-78)86(67-23-14-21-61(51-67)55-18-11-8-12-19-55)65-40-32-59(33-41-65)57-28-36-63(37-29-57)84(4,5)6/h13-15,20-55H,7-12,16-19H2,1-6H3. The van der Waals surface area contributed by atoms with Crippen LogP contribution in [-0.2, 0) is 10.8 Å². The highest BCUT2D eigenvalue weighted by Crippen LogP contribution is 2.49. The average Bonchev–Trinajstić information content (AvgIpc) is 1.54. The number of benzene rings is 11. The number of para-hydroxylation sites is 1. The van der Waals surface area contributed by atoms with Gasteiger partial charge < -0.3 is 14.2 Å². The maximum absolute atomic E-state index is 2.62. The normalized spacial score (nSPS) is 14.8. The number of aromatic nitrogens is 1. The van der Waals surface area contributed by atoms with E-state index in [0.717, 1.165) is 17.1 Å². The number of thiophene rings is 1. The van der Waals surface area contributed by atoms with Crippen LogP contribution in [0.25, 0.3) is 91.3 Å². The summed E-state index contributed by atoms with van der Waals surface area (Å²) in [5, 5.41) is 10.4. The Morgan fingerprint density at radius 2 is 0.716 bits per heavy atom. The van der Waals surface area contributed by atoms with Gasteiger partial charge in [-0.2, -0.15) is 0 Å². The number of hydrogen-bond donors (Lipinski definition) is 0. The minimum atomic E-state index is 0.108. The third kappa shape index (κ3) is 9.53. The molecule has 3 aromatic heterocycles. The highest BCUT2D eigenvalue weighted by Gasteiger charge is 2.26. The zero-order valence-electron chi connectivity index (χ0n) is 51.8. The lowest BCUT2D eigenvalue weighted by Gasteiger charge is -2.28. The van der Waals surface area contributed by atoms with E-state index in [0.29, 0.717) is 11.8 Å². The van der Waals surface area contributed by atoms with Gasteiger partial charge >= 0.3 is 0 Å². The van der Waals surface area contributed by atoms with E-state index >= 15 is 0 Å². The molecule has 88 heavy (non-hydrogen) atoms. The Morgan fingerprint density at radius 3 is 1.23 bits per heavy atom. The lowest BCUT2D eigenvalue weighted by molar-refractivity contribution is 0.443. The van der Waals surface area contributed by atoms with Crippen LogP contribution in [0.5, 0.6) is 0 Å². The molecule has 2 fully saturated rings. The van der Waals surface area contributed by atoms with Crippen molar-refractivity contribution >= 4 is 115 Å². The van der Waals surface area contributed by atoms with Crippen molar-refractivity contribution in [2.75, 3.05) is 9.80 Å². The second-order valence-corrected chi connectivity index (χ2v) is 28.9. The summed E-state index contributed by atoms with van der Waals surface area (Å²) in [6.45, 7) is 13.7. The Kier molecular flexibility index (Phi) is 13.4. The van der Waals surface area contributed by atoms with Crippen LogP contribution in [0.15, 0.2) is 224 Å². The Balaban J connectivity index is 0.826. The van der Waals surface area contributed by atoms with Crippen molar-refractivity contribution in [1.82, 2.24) is 4.40 Å². The number of hydrogen-bond acceptors (Lipinski definition) is 3. The Hall–Kier alpha value is -8.70. The quantitative estimate of drug-likeness (QED) is 0.135. The molecule has 4 heteroatoms. The van der Waals surface area contributed by atoms with Crippen molar-refractivity contribution in [2.45, 2.75) is 128 Å². The van der Waals surface area contributed by atoms with E-state index in [9.17, 15) is 0 Å². The molecule has 0 saturated heterocycles. The molecule has 0 spiro atoms. The molecule has 3 nitrogen and oxygen atoms in total. The Morgan fingerprint density at radius 1 is 0.330 bits per heavy atom. The SMILES string of the molecule is CC(C)(C)c1ccc(-c2ccc(N(c3cccc(C4CCCCC4)c3)c3ccc4c(c3)sc3ccc5c(ccc6c7cccc8c9ccc(N(c%10ccc(-c%11ccc(C(C)(C)C)cc%11)cc%10)c%10cccc(C%11CCCCC%11)c%10)cc9n(c56)c87)c34)cc2)cc1. The van der Waals surface area contributed by atoms with Gasteiger partial charge in [0.2, 0.25) is 0 Å². The molecule has 0 unspecified atom stereocenters. The summed E-state index contributed by atoms with van der Waals surface area (Å²) in [5.41, 5.74) is 21.7. The average molecular weight is 1160 g/mol. The highest BCUT2D eigenvalue weighted by molar-refractivity contribution is 7.26. The van der Waals surface area contributed by atoms with Crippen molar-refractivity contribution in [1.29, 1.82) is 0 Å². The van der Waals surface area contributed by atoms with Crippen LogP contribution < -0.4 is 9.80 Å². The first-order valence-electron chi connectivity index (χ1n) is 32.6. The Bertz CT molecular complexity index is 4920. The van der Waals surface area contributed by atoms with E-state index < -0.39 is 0 Å². The van der Waals surface area contributed by atoms with E-state index in [1.54, 1.807) is 0 Å². The summed E-state index contributed by atoms with van der Waals surface area (Å²) in [6, 6.07) is 86.9. The molecule has 0 amide bonds. The molecule has 0 N–H and O–H groups in total. The van der Waals surface area contributed by atoms with Crippen LogP contribution in [0, 0.1) is 0 Å². The van der Waals surface area contributed by atoms with Crippen molar-refractivity contribution in [3.63, 3.8) is 0 Å². The van der Waals surface area contributed by atoms with Gasteiger partial charge in [0.1, 0.15) is 0 Å². The number of rotatable bonds is 10. The third-order valence-electron chi connectivity index (χ3n) is 20.2. The molecule has 0 aliphatic heterocycles. The predicted molar refractivity (Wildman–Crippen MR) is 381 cm³/mol. The molecular weight excluding hydrogens is 1080 g/mol. The smallest absolute Gasteiger partial charge is 0.0620 e. The minimum Gasteiger partial charge on any atom is -0.310 e. The molecule has 0 atom stereocenters. The van der Waals surface area contributed by atoms with Crippen LogP contribution in [0.4, 0.5) is 34.1 Å². The first-order valence-corrected chi connectivity index (χ1v) is 33.4. The molecular formula is C84H77N3S. The van der Waals surface area contributed by atoms with Gasteiger partial charge in [-0.1, -0.05) is 226 Å². The summed E-state index contributed by atoms with van der Waals surface area (Å²) >= 11 is 1.92. The van der Waals surface area contributed by atoms with Crippen molar-refractivity contribution in [3.05, 3.63) is 247 Å². The lowest BCUT2D eigenvalue weighted by Crippen LogP contribution is -2.11. The topological polar surface area (TPSA) is 10.9 Å². The Labute approximate surface area is 522 Å². The van der Waals surface area contributed by atoms with Gasteiger partial charge in [0, 0.05) is 81.2 Å². The second-order valence-electron chi connectivity index (χ2n) is 27.8. The predicted octanol–water partition coefficient (Wildman–Crippen LogP) is 25.3. The molecule has 14 aromatic rings. The van der Waals surface area contributed by atoms with Crippen LogP contribution in [-0.4, -0.2) is 4.40 Å². The fourth-order valence-corrected chi connectivity index (χ4v) is 16.6. The van der Waals surface area contributed by atoms with Gasteiger partial charge in [-0.3, -0.25) is 0 Å². The molecule has 434 valence electrons. The largest absolute Gasteiger partial charge is 0.310 e. The summed E-state index contributed by atoms with van der Waals surface area (Å²) in [5.74, 6) is 1.21. The zero-order valence-corrected chi connectivity index (χ0v) is 52.7. The fourth-order valence-electron chi connectivity index (χ4n) is 15.4. The number of nitrogens with zero attached hydrogens (tertiary/aromatic N) is 3. The molecule has 16 rings (SSSR count). The van der Waals surface area contributed by atoms with Crippen LogP contribution >= 0.6 is 11.3 Å². The van der Waals surface area contributed by atoms with Gasteiger partial charge in [-0.25, -0.2) is 0 Å². The summed E-state index contributed by atoms with van der Waals surface area (Å²) in [7, 11) is 0. The monoisotopic (exact) mass is 1160 g/mol. The summed E-state index contributed by atoms with van der Waals surface area (Å²) in [4.78, 5) is 5.01. The van der Waals surface area contributed by atoms with Gasteiger partial charge in [0.25, 0.3) is 0 Å². The number of fused-ring (bicyclic) bond motifs is 12. The van der Waals surface area contributed by atoms with E-state index in [2.05, 4.69) is 280 Å². The zero-order chi connectivity index (χ0) is 59.4. The molecule has 0 bridgehead atoms. The molecule has 11 aromatic carbocycles. The summed E-state index contributed by atoms with van der Waals surface area (Å²) < 4.78 is 5.23. The van der Waals surface area contributed by atoms with E-state index in [4.69, 9.17) is 0 Å². The molecule has 2 saturated carbocycles. The van der Waals surface area contributed by atoms with Crippen LogP contribution in [0.1, 0.15) is 140 Å². The van der Waals surface area contributed by atoms with E-state index in [1.807, 2.05) is 11.3 Å². The molecule has 2 aliphatic rings. The van der Waals surface area contributed by atoms with Gasteiger partial charge in [-0.05, 0) is 177 Å². The van der Waals surface area contributed by atoms with E-state index in [1.165, 1.54) is 195 Å². The fraction of sp³-hybridized carbons (Fsp3) is 0.238. The number of anilines is 6.